The Morgan fingerprint density at radius 1 is 1.12 bits per heavy atom. The molecule has 16 heavy (non-hydrogen) atoms. The van der Waals surface area contributed by atoms with Gasteiger partial charge in [0.1, 0.15) is 0 Å². The van der Waals surface area contributed by atoms with Gasteiger partial charge in [-0.3, -0.25) is 0 Å². The number of nitrogens with zero attached hydrogens (tertiary/aromatic N) is 2. The third-order valence-electron chi connectivity index (χ3n) is 3.25. The van der Waals surface area contributed by atoms with Crippen molar-refractivity contribution in [2.75, 3.05) is 5.32 Å². The van der Waals surface area contributed by atoms with E-state index >= 15 is 0 Å². The van der Waals surface area contributed by atoms with Gasteiger partial charge in [0.25, 0.3) is 0 Å². The van der Waals surface area contributed by atoms with Gasteiger partial charge in [0.15, 0.2) is 11.0 Å². The summed E-state index contributed by atoms with van der Waals surface area (Å²) in [5, 5.41) is 3.84. The van der Waals surface area contributed by atoms with Crippen molar-refractivity contribution in [3.63, 3.8) is 0 Å². The molecule has 0 aliphatic carbocycles. The van der Waals surface area contributed by atoms with E-state index in [2.05, 4.69) is 36.1 Å². The van der Waals surface area contributed by atoms with Crippen molar-refractivity contribution in [3.05, 3.63) is 16.5 Å². The molecule has 0 aliphatic heterocycles. The molecule has 1 N–H and O–H groups in total. The number of rotatable bonds is 4. The molecular weight excluding hydrogens is 222 g/mol. The van der Waals surface area contributed by atoms with Crippen LogP contribution in [0, 0.1) is 13.8 Å². The fraction of sp³-hybridized carbons (Fsp3) is 0.667. The molecule has 4 heteroatoms. The van der Waals surface area contributed by atoms with Crippen LogP contribution in [0.4, 0.5) is 5.82 Å². The largest absolute Gasteiger partial charge is 0.362 e. The normalized spacial score (nSPS) is 11.6. The van der Waals surface area contributed by atoms with E-state index in [9.17, 15) is 0 Å². The first-order valence-corrected chi connectivity index (χ1v) is 6.08. The molecule has 1 aromatic rings. The maximum atomic E-state index is 6.09. The molecule has 0 spiro atoms. The average molecular weight is 242 g/mol. The van der Waals surface area contributed by atoms with Gasteiger partial charge in [0.2, 0.25) is 0 Å². The first kappa shape index (κ1) is 13.2. The highest BCUT2D eigenvalue weighted by molar-refractivity contribution is 6.31. The summed E-state index contributed by atoms with van der Waals surface area (Å²) in [6.07, 6.45) is 2.04. The predicted molar refractivity (Wildman–Crippen MR) is 69.1 cm³/mol. The van der Waals surface area contributed by atoms with Crippen LogP contribution in [0.5, 0.6) is 0 Å². The zero-order valence-electron chi connectivity index (χ0n) is 10.7. The predicted octanol–water partition coefficient (Wildman–Crippen LogP) is 3.74. The molecule has 0 saturated carbocycles. The number of aryl methyl sites for hydroxylation is 2. The molecule has 1 heterocycles. The Balaban J connectivity index is 3.01. The molecule has 0 aliphatic rings. The zero-order valence-corrected chi connectivity index (χ0v) is 11.4. The van der Waals surface area contributed by atoms with E-state index in [1.807, 2.05) is 13.8 Å². The molecule has 0 radical (unpaired) electrons. The van der Waals surface area contributed by atoms with Crippen molar-refractivity contribution in [1.82, 2.24) is 9.97 Å². The summed E-state index contributed by atoms with van der Waals surface area (Å²) in [7, 11) is 0. The summed E-state index contributed by atoms with van der Waals surface area (Å²) in [5.41, 5.74) is 1.83. The summed E-state index contributed by atoms with van der Waals surface area (Å²) >= 11 is 6.09. The first-order valence-electron chi connectivity index (χ1n) is 5.70. The minimum atomic E-state index is 0.0278. The standard InChI is InChI=1S/C12H20ClN3/c1-6-12(5,7-2)16-11-10(13)14-8(3)9(4)15-11/h6-7H2,1-5H3,(H,15,16). The number of anilines is 1. The van der Waals surface area contributed by atoms with Gasteiger partial charge in [0, 0.05) is 5.54 Å². The lowest BCUT2D eigenvalue weighted by atomic mass is 9.96. The van der Waals surface area contributed by atoms with Crippen LogP contribution in [0.3, 0.4) is 0 Å². The van der Waals surface area contributed by atoms with Crippen LogP contribution in [-0.4, -0.2) is 15.5 Å². The highest BCUT2D eigenvalue weighted by atomic mass is 35.5. The smallest absolute Gasteiger partial charge is 0.171 e. The van der Waals surface area contributed by atoms with Gasteiger partial charge >= 0.3 is 0 Å². The summed E-state index contributed by atoms with van der Waals surface area (Å²) in [6, 6.07) is 0. The first-order chi connectivity index (χ1) is 7.41. The van der Waals surface area contributed by atoms with Crippen molar-refractivity contribution >= 4 is 17.4 Å². The molecule has 0 saturated heterocycles. The van der Waals surface area contributed by atoms with E-state index in [1.165, 1.54) is 0 Å². The lowest BCUT2D eigenvalue weighted by Gasteiger charge is -2.29. The fourth-order valence-electron chi connectivity index (χ4n) is 1.37. The van der Waals surface area contributed by atoms with E-state index in [-0.39, 0.29) is 5.54 Å². The van der Waals surface area contributed by atoms with Crippen LogP contribution in [0.2, 0.25) is 5.15 Å². The van der Waals surface area contributed by atoms with Gasteiger partial charge in [-0.2, -0.15) is 0 Å². The summed E-state index contributed by atoms with van der Waals surface area (Å²) in [5.74, 6) is 0.691. The second-order valence-corrected chi connectivity index (χ2v) is 4.78. The van der Waals surface area contributed by atoms with Crippen molar-refractivity contribution in [2.24, 2.45) is 0 Å². The quantitative estimate of drug-likeness (QED) is 0.873. The number of halogens is 1. The van der Waals surface area contributed by atoms with Gasteiger partial charge < -0.3 is 5.32 Å². The molecule has 0 amide bonds. The van der Waals surface area contributed by atoms with Crippen LogP contribution < -0.4 is 5.32 Å². The second kappa shape index (κ2) is 5.00. The molecule has 90 valence electrons. The summed E-state index contributed by atoms with van der Waals surface area (Å²) in [4.78, 5) is 8.71. The lowest BCUT2D eigenvalue weighted by Crippen LogP contribution is -2.33. The maximum absolute atomic E-state index is 6.09. The van der Waals surface area contributed by atoms with E-state index in [0.717, 1.165) is 24.2 Å². The van der Waals surface area contributed by atoms with Crippen molar-refractivity contribution in [2.45, 2.75) is 53.0 Å². The minimum Gasteiger partial charge on any atom is -0.362 e. The Morgan fingerprint density at radius 3 is 2.12 bits per heavy atom. The maximum Gasteiger partial charge on any atom is 0.171 e. The van der Waals surface area contributed by atoms with Crippen molar-refractivity contribution in [3.8, 4) is 0 Å². The SMILES string of the molecule is CCC(C)(CC)Nc1nc(C)c(C)nc1Cl. The van der Waals surface area contributed by atoms with E-state index in [1.54, 1.807) is 0 Å². The molecule has 3 nitrogen and oxygen atoms in total. The highest BCUT2D eigenvalue weighted by Crippen LogP contribution is 2.25. The zero-order chi connectivity index (χ0) is 12.3. The molecule has 0 fully saturated rings. The van der Waals surface area contributed by atoms with Gasteiger partial charge in [-0.25, -0.2) is 9.97 Å². The Bertz CT molecular complexity index is 373. The number of aromatic nitrogens is 2. The van der Waals surface area contributed by atoms with Crippen LogP contribution in [0.15, 0.2) is 0 Å². The number of nitrogens with one attached hydrogen (secondary N) is 1. The summed E-state index contributed by atoms with van der Waals surface area (Å²) in [6.45, 7) is 10.3. The second-order valence-electron chi connectivity index (χ2n) is 4.43. The molecule has 0 bridgehead atoms. The van der Waals surface area contributed by atoms with Gasteiger partial charge in [-0.15, -0.1) is 0 Å². The Morgan fingerprint density at radius 2 is 1.62 bits per heavy atom. The van der Waals surface area contributed by atoms with Gasteiger partial charge in [-0.05, 0) is 33.6 Å². The molecule has 1 aromatic heterocycles. The third kappa shape index (κ3) is 2.85. The van der Waals surface area contributed by atoms with Crippen molar-refractivity contribution < 1.29 is 0 Å². The molecule has 0 aromatic carbocycles. The van der Waals surface area contributed by atoms with E-state index < -0.39 is 0 Å². The monoisotopic (exact) mass is 241 g/mol. The molecule has 1 rings (SSSR count). The Hall–Kier alpha value is -0.830. The minimum absolute atomic E-state index is 0.0278. The lowest BCUT2D eigenvalue weighted by molar-refractivity contribution is 0.476. The summed E-state index contributed by atoms with van der Waals surface area (Å²) < 4.78 is 0. The van der Waals surface area contributed by atoms with Crippen molar-refractivity contribution in [1.29, 1.82) is 0 Å². The van der Waals surface area contributed by atoms with Crippen LogP contribution in [0.1, 0.15) is 45.0 Å². The van der Waals surface area contributed by atoms with Crippen LogP contribution in [-0.2, 0) is 0 Å². The van der Waals surface area contributed by atoms with Gasteiger partial charge in [-0.1, -0.05) is 25.4 Å². The number of hydrogen-bond acceptors (Lipinski definition) is 3. The van der Waals surface area contributed by atoms with Crippen LogP contribution in [0.25, 0.3) is 0 Å². The van der Waals surface area contributed by atoms with E-state index in [0.29, 0.717) is 11.0 Å². The fourth-order valence-corrected chi connectivity index (χ4v) is 1.58. The Labute approximate surface area is 103 Å². The molecular formula is C12H20ClN3. The van der Waals surface area contributed by atoms with Crippen LogP contribution >= 0.6 is 11.6 Å². The number of hydrogen-bond donors (Lipinski definition) is 1. The topological polar surface area (TPSA) is 37.8 Å². The third-order valence-corrected chi connectivity index (χ3v) is 3.51. The molecule has 0 atom stereocenters. The highest BCUT2D eigenvalue weighted by Gasteiger charge is 2.21. The average Bonchev–Trinajstić information content (AvgIpc) is 2.25. The Kier molecular flexibility index (Phi) is 4.14. The van der Waals surface area contributed by atoms with E-state index in [4.69, 9.17) is 11.6 Å². The molecule has 0 unspecified atom stereocenters. The van der Waals surface area contributed by atoms with Gasteiger partial charge in [0.05, 0.1) is 11.4 Å².